The molecule has 196 valence electrons. The van der Waals surface area contributed by atoms with E-state index in [4.69, 9.17) is 14.2 Å². The Bertz CT molecular complexity index is 1310. The van der Waals surface area contributed by atoms with Crippen LogP contribution in [-0.2, 0) is 0 Å². The Hall–Kier alpha value is -3.55. The summed E-state index contributed by atoms with van der Waals surface area (Å²) >= 11 is 0. The maximum atomic E-state index is 14.7. The van der Waals surface area contributed by atoms with Gasteiger partial charge in [-0.05, 0) is 86.6 Å². The lowest BCUT2D eigenvalue weighted by Gasteiger charge is -2.23. The van der Waals surface area contributed by atoms with Crippen molar-refractivity contribution in [1.82, 2.24) is 0 Å². The first-order valence-corrected chi connectivity index (χ1v) is 12.2. The summed E-state index contributed by atoms with van der Waals surface area (Å²) in [5.41, 5.74) is 0.990. The van der Waals surface area contributed by atoms with Crippen LogP contribution in [0.2, 0.25) is 0 Å². The number of benzene rings is 3. The molecular weight excluding hydrogens is 491 g/mol. The molecule has 0 bridgehead atoms. The molecule has 0 amide bonds. The number of ether oxygens (including phenoxy) is 3. The van der Waals surface area contributed by atoms with Gasteiger partial charge in [0.2, 0.25) is 11.6 Å². The van der Waals surface area contributed by atoms with Crippen LogP contribution in [0.5, 0.6) is 17.2 Å². The van der Waals surface area contributed by atoms with Gasteiger partial charge in [0.25, 0.3) is 0 Å². The highest BCUT2D eigenvalue weighted by molar-refractivity contribution is 5.68. The van der Waals surface area contributed by atoms with Crippen molar-refractivity contribution in [2.75, 3.05) is 19.8 Å². The minimum atomic E-state index is -1.13. The molecule has 0 heterocycles. The van der Waals surface area contributed by atoms with Gasteiger partial charge in [-0.3, -0.25) is 0 Å². The van der Waals surface area contributed by atoms with E-state index in [0.717, 1.165) is 6.07 Å². The fourth-order valence-electron chi connectivity index (χ4n) is 4.35. The van der Waals surface area contributed by atoms with Crippen LogP contribution in [0, 0.1) is 35.0 Å². The lowest BCUT2D eigenvalue weighted by atomic mass is 9.87. The molecule has 3 nitrogen and oxygen atoms in total. The molecule has 1 atom stereocenters. The van der Waals surface area contributed by atoms with E-state index in [2.05, 4.69) is 0 Å². The van der Waals surface area contributed by atoms with Gasteiger partial charge in [0.1, 0.15) is 0 Å². The lowest BCUT2D eigenvalue weighted by molar-refractivity contribution is 0.231. The van der Waals surface area contributed by atoms with Crippen LogP contribution in [0.25, 0.3) is 16.7 Å². The van der Waals surface area contributed by atoms with E-state index in [1.165, 1.54) is 36.4 Å². The molecule has 1 aliphatic rings. The van der Waals surface area contributed by atoms with Crippen molar-refractivity contribution in [3.05, 3.63) is 83.2 Å². The van der Waals surface area contributed by atoms with Gasteiger partial charge < -0.3 is 14.2 Å². The smallest absolute Gasteiger partial charge is 0.201 e. The molecule has 3 aromatic carbocycles. The van der Waals surface area contributed by atoms with Gasteiger partial charge in [0, 0.05) is 11.1 Å². The molecule has 0 fully saturated rings. The van der Waals surface area contributed by atoms with E-state index < -0.39 is 29.1 Å². The topological polar surface area (TPSA) is 27.7 Å². The van der Waals surface area contributed by atoms with Crippen molar-refractivity contribution in [2.45, 2.75) is 33.1 Å². The molecule has 37 heavy (non-hydrogen) atoms. The van der Waals surface area contributed by atoms with Crippen LogP contribution in [0.3, 0.4) is 0 Å². The Labute approximate surface area is 212 Å². The number of hydrogen-bond donors (Lipinski definition) is 0. The second kappa shape index (κ2) is 11.7. The first-order chi connectivity index (χ1) is 17.8. The Morgan fingerprint density at radius 1 is 0.703 bits per heavy atom. The van der Waals surface area contributed by atoms with E-state index in [1.807, 2.05) is 6.08 Å². The normalized spacial score (nSPS) is 15.3. The Morgan fingerprint density at radius 2 is 1.30 bits per heavy atom. The minimum Gasteiger partial charge on any atom is -0.491 e. The van der Waals surface area contributed by atoms with Crippen LogP contribution in [0.1, 0.15) is 38.7 Å². The van der Waals surface area contributed by atoms with E-state index in [9.17, 15) is 22.0 Å². The fraction of sp³-hybridized carbons (Fsp3) is 0.310. The van der Waals surface area contributed by atoms with Crippen LogP contribution < -0.4 is 14.2 Å². The molecule has 0 aliphatic heterocycles. The van der Waals surface area contributed by atoms with Gasteiger partial charge in [-0.1, -0.05) is 12.1 Å². The van der Waals surface area contributed by atoms with Crippen molar-refractivity contribution in [3.63, 3.8) is 0 Å². The summed E-state index contributed by atoms with van der Waals surface area (Å²) in [6.07, 6.45) is 3.57. The highest BCUT2D eigenvalue weighted by Gasteiger charge is 2.22. The average Bonchev–Trinajstić information content (AvgIpc) is 2.90. The van der Waals surface area contributed by atoms with Crippen LogP contribution >= 0.6 is 0 Å². The second-order valence-corrected chi connectivity index (χ2v) is 8.67. The van der Waals surface area contributed by atoms with Crippen molar-refractivity contribution in [2.24, 2.45) is 5.92 Å². The summed E-state index contributed by atoms with van der Waals surface area (Å²) in [6.45, 7) is 3.99. The summed E-state index contributed by atoms with van der Waals surface area (Å²) in [5, 5.41) is 0. The number of allylic oxidation sites excluding steroid dienone is 2. The number of halogens is 5. The monoisotopic (exact) mass is 518 g/mol. The van der Waals surface area contributed by atoms with E-state index >= 15 is 0 Å². The number of rotatable bonds is 9. The zero-order valence-corrected chi connectivity index (χ0v) is 20.6. The van der Waals surface area contributed by atoms with Gasteiger partial charge in [-0.15, -0.1) is 0 Å². The molecule has 0 N–H and O–H groups in total. The first kappa shape index (κ1) is 26.5. The molecule has 0 aromatic heterocycles. The lowest BCUT2D eigenvalue weighted by Crippen LogP contribution is -2.15. The first-order valence-electron chi connectivity index (χ1n) is 12.2. The third kappa shape index (κ3) is 5.73. The van der Waals surface area contributed by atoms with Crippen molar-refractivity contribution in [3.8, 4) is 28.4 Å². The van der Waals surface area contributed by atoms with Crippen molar-refractivity contribution in [1.29, 1.82) is 0 Å². The van der Waals surface area contributed by atoms with Crippen molar-refractivity contribution < 1.29 is 36.2 Å². The summed E-state index contributed by atoms with van der Waals surface area (Å²) < 4.78 is 87.9. The fourth-order valence-corrected chi connectivity index (χ4v) is 4.35. The van der Waals surface area contributed by atoms with Gasteiger partial charge in [-0.2, -0.15) is 8.78 Å². The highest BCUT2D eigenvalue weighted by Crippen LogP contribution is 2.36. The minimum absolute atomic E-state index is 0.00929. The highest BCUT2D eigenvalue weighted by atomic mass is 19.2. The molecule has 1 aliphatic carbocycles. The Kier molecular flexibility index (Phi) is 8.36. The molecule has 0 saturated heterocycles. The third-order valence-electron chi connectivity index (χ3n) is 6.28. The standard InChI is InChI=1S/C29H27F5O3/c1-3-35-24-13-10-20(26(31)28(24)33)18-7-5-17(6-8-18)16-37-23-12-9-19(15-22(23)30)21-11-14-25(36-4-2)29(34)27(21)32/h7,9-15,17H,3-6,8,16H2,1-2H3. The molecule has 8 heteroatoms. The van der Waals surface area contributed by atoms with Gasteiger partial charge in [0.05, 0.1) is 19.8 Å². The van der Waals surface area contributed by atoms with Gasteiger partial charge in [0.15, 0.2) is 34.7 Å². The maximum Gasteiger partial charge on any atom is 0.201 e. The molecule has 4 rings (SSSR count). The van der Waals surface area contributed by atoms with E-state index in [0.29, 0.717) is 24.8 Å². The van der Waals surface area contributed by atoms with Crippen LogP contribution in [0.4, 0.5) is 22.0 Å². The molecular formula is C29H27F5O3. The Balaban J connectivity index is 1.40. The summed E-state index contributed by atoms with van der Waals surface area (Å²) in [4.78, 5) is 0. The summed E-state index contributed by atoms with van der Waals surface area (Å²) in [6, 6.07) is 9.51. The molecule has 0 radical (unpaired) electrons. The SMILES string of the molecule is CCOc1ccc(C2=CCC(COc3ccc(-c4ccc(OCC)c(F)c4F)cc3F)CC2)c(F)c1F. The summed E-state index contributed by atoms with van der Waals surface area (Å²) in [7, 11) is 0. The quantitative estimate of drug-likeness (QED) is 0.268. The molecule has 1 unspecified atom stereocenters. The number of hydrogen-bond acceptors (Lipinski definition) is 3. The zero-order valence-electron chi connectivity index (χ0n) is 20.6. The molecule has 3 aromatic rings. The van der Waals surface area contributed by atoms with E-state index in [-0.39, 0.29) is 59.7 Å². The Morgan fingerprint density at radius 3 is 1.86 bits per heavy atom. The molecule has 0 saturated carbocycles. The van der Waals surface area contributed by atoms with Crippen LogP contribution in [0.15, 0.2) is 48.5 Å². The summed E-state index contributed by atoms with van der Waals surface area (Å²) in [5.74, 6) is -5.16. The predicted octanol–water partition coefficient (Wildman–Crippen LogP) is 8.11. The average molecular weight is 519 g/mol. The predicted molar refractivity (Wildman–Crippen MR) is 131 cm³/mol. The third-order valence-corrected chi connectivity index (χ3v) is 6.28. The van der Waals surface area contributed by atoms with Crippen LogP contribution in [-0.4, -0.2) is 19.8 Å². The van der Waals surface area contributed by atoms with Gasteiger partial charge >= 0.3 is 0 Å². The maximum absolute atomic E-state index is 14.7. The second-order valence-electron chi connectivity index (χ2n) is 8.67. The largest absolute Gasteiger partial charge is 0.491 e. The van der Waals surface area contributed by atoms with Gasteiger partial charge in [-0.25, -0.2) is 13.2 Å². The van der Waals surface area contributed by atoms with E-state index in [1.54, 1.807) is 13.8 Å². The molecule has 0 spiro atoms. The zero-order chi connectivity index (χ0) is 26.5. The van der Waals surface area contributed by atoms with Crippen molar-refractivity contribution >= 4 is 5.57 Å².